The fraction of sp³-hybridized carbons (Fsp3) is 0.365. The summed E-state index contributed by atoms with van der Waals surface area (Å²) in [6.45, 7) is 5.24. The first-order valence-corrected chi connectivity index (χ1v) is 27.4. The number of oxime groups is 2. The van der Waals surface area contributed by atoms with E-state index in [1.807, 2.05) is 18.2 Å². The average molecular weight is 1130 g/mol. The summed E-state index contributed by atoms with van der Waals surface area (Å²) in [4.78, 5) is 39.3. The first-order valence-electron chi connectivity index (χ1n) is 27.4. The van der Waals surface area contributed by atoms with Crippen LogP contribution in [-0.2, 0) is 32.5 Å². The molecule has 6 aliphatic rings. The predicted octanol–water partition coefficient (Wildman–Crippen LogP) is 10.2. The second-order valence-electron chi connectivity index (χ2n) is 21.2. The van der Waals surface area contributed by atoms with Crippen LogP contribution in [0.2, 0.25) is 0 Å². The Labute approximate surface area is 475 Å². The molecule has 0 radical (unpaired) electrons. The van der Waals surface area contributed by atoms with Crippen LogP contribution in [0.4, 0.5) is 17.6 Å². The lowest BCUT2D eigenvalue weighted by molar-refractivity contribution is -0.129. The third kappa shape index (κ3) is 15.1. The van der Waals surface area contributed by atoms with E-state index in [1.54, 1.807) is 60.7 Å². The Morgan fingerprint density at radius 3 is 1.48 bits per heavy atom. The lowest BCUT2D eigenvalue weighted by atomic mass is 9.95. The molecule has 6 aromatic carbocycles. The van der Waals surface area contributed by atoms with Crippen molar-refractivity contribution in [1.29, 1.82) is 0 Å². The Balaban J connectivity index is 0.000000177. The number of amides is 1. The molecule has 0 aromatic heterocycles. The quantitative estimate of drug-likeness (QED) is 0.0542. The van der Waals surface area contributed by atoms with Crippen molar-refractivity contribution in [2.24, 2.45) is 16.0 Å². The van der Waals surface area contributed by atoms with Crippen molar-refractivity contribution in [2.45, 2.75) is 109 Å². The van der Waals surface area contributed by atoms with Crippen LogP contribution >= 0.6 is 0 Å². The van der Waals surface area contributed by atoms with E-state index in [4.69, 9.17) is 30.0 Å². The number of carbonyl (C=O) groups excluding carboxylic acids is 1. The molecular formula is C63H70F4N6O9. The molecular weight excluding hydrogens is 1060 g/mol. The van der Waals surface area contributed by atoms with E-state index in [1.165, 1.54) is 55.3 Å². The number of hydrogen-bond acceptors (Lipinski definition) is 13. The summed E-state index contributed by atoms with van der Waals surface area (Å²) in [6.07, 6.45) is 6.48. The van der Waals surface area contributed by atoms with E-state index >= 15 is 0 Å². The van der Waals surface area contributed by atoms with Gasteiger partial charge in [-0.05, 0) is 172 Å². The molecule has 4 aliphatic heterocycles. The SMILES string of the molecule is C.N[C@H](CN1CCCC1)[C@H](O)c1ccc(OC2CC2)c(F)c1.O=C(N[C@H](CN1CCCC1)[C@H](O)c1ccc(OC2CC2)c(F)c1)C1=NOCc2cc(-c3ccc(F)cc3)ccc21.O=C(O)C1=NOCc2cc(-c3ccc(F)cc3)ccc21.[2HH]. The highest BCUT2D eigenvalue weighted by Crippen LogP contribution is 2.34. The number of likely N-dealkylation sites (tertiary alicyclic amines) is 2. The summed E-state index contributed by atoms with van der Waals surface area (Å²) in [6, 6.07) is 31.1. The standard InChI is InChI=1S/C31H31F2N3O4.C16H23FN2O2.C15H10FNO3.CH4.H2/c32-23-7-3-19(4-8-23)20-5-11-25-22(15-20)18-39-35-29(25)31(38)34-27(17-36-13-1-2-14-36)30(37)21-6-12-28(26(33)16-21)40-24-9-10-24;17-13-9-11(3-6-15(13)21-12-4-5-12)16(20)14(18)10-19-7-1-2-8-19;16-12-4-1-9(2-5-12)10-3-6-13-11(7-10)8-20-17-14(13)15(18)19;;/h3-8,11-12,15-16,24,27,30,37H,1-2,9-10,13-14,17-18H2,(H,34,38);3,6,9,12,14,16,20H,1-2,4-5,7-8,10,18H2;1-7H,8H2,(H,18,19);1H4;1H/t27-,30-;14-,16-;;;/m11.../s1/i;;;;1+1. The van der Waals surface area contributed by atoms with Crippen molar-refractivity contribution in [1.82, 2.24) is 15.1 Å². The smallest absolute Gasteiger partial charge is 0.358 e. The molecule has 15 nitrogen and oxygen atoms in total. The van der Waals surface area contributed by atoms with E-state index in [-0.39, 0.29) is 68.8 Å². The number of fused-ring (bicyclic) bond motifs is 2. The molecule has 2 saturated carbocycles. The monoisotopic (exact) mass is 1130 g/mol. The van der Waals surface area contributed by atoms with E-state index in [2.05, 4.69) is 25.4 Å². The van der Waals surface area contributed by atoms with Gasteiger partial charge in [0.15, 0.2) is 34.6 Å². The molecule has 12 rings (SSSR count). The number of aliphatic carboxylic acids is 1. The minimum absolute atomic E-state index is 0. The second-order valence-corrected chi connectivity index (χ2v) is 21.2. The number of aliphatic hydroxyl groups excluding tert-OH is 2. The van der Waals surface area contributed by atoms with Crippen molar-refractivity contribution in [3.05, 3.63) is 178 Å². The molecule has 4 heterocycles. The zero-order chi connectivity index (χ0) is 56.6. The number of nitrogens with zero attached hydrogens (tertiary/aromatic N) is 4. The maximum absolute atomic E-state index is 14.8. The van der Waals surface area contributed by atoms with Gasteiger partial charge in [-0.2, -0.15) is 0 Å². The Morgan fingerprint density at radius 1 is 0.598 bits per heavy atom. The van der Waals surface area contributed by atoms with Crippen LogP contribution in [0.15, 0.2) is 132 Å². The number of nitrogens with two attached hydrogens (primary N) is 1. The summed E-state index contributed by atoms with van der Waals surface area (Å²) < 4.78 is 66.1. The number of halogens is 4. The summed E-state index contributed by atoms with van der Waals surface area (Å²) in [5.41, 5.74) is 13.1. The molecule has 2 aliphatic carbocycles. The minimum atomic E-state index is -1.15. The minimum Gasteiger partial charge on any atom is -0.487 e. The third-order valence-electron chi connectivity index (χ3n) is 14.9. The average Bonchev–Trinajstić information content (AvgIpc) is 4.53. The van der Waals surface area contributed by atoms with Gasteiger partial charge in [0.05, 0.1) is 24.4 Å². The molecule has 19 heteroatoms. The number of benzene rings is 6. The highest BCUT2D eigenvalue weighted by Gasteiger charge is 2.33. The Morgan fingerprint density at radius 2 is 1.02 bits per heavy atom. The molecule has 4 fully saturated rings. The highest BCUT2D eigenvalue weighted by molar-refractivity contribution is 6.45. The maximum atomic E-state index is 14.8. The lowest BCUT2D eigenvalue weighted by Crippen LogP contribution is -2.49. The van der Waals surface area contributed by atoms with Crippen molar-refractivity contribution in [3.8, 4) is 33.8 Å². The van der Waals surface area contributed by atoms with Gasteiger partial charge < -0.3 is 55.3 Å². The van der Waals surface area contributed by atoms with Gasteiger partial charge in [-0.15, -0.1) is 0 Å². The van der Waals surface area contributed by atoms with Gasteiger partial charge in [-0.25, -0.2) is 22.4 Å². The molecule has 0 bridgehead atoms. The summed E-state index contributed by atoms with van der Waals surface area (Å²) in [7, 11) is 0. The fourth-order valence-electron chi connectivity index (χ4n) is 10.2. The summed E-state index contributed by atoms with van der Waals surface area (Å²) >= 11 is 0. The third-order valence-corrected chi connectivity index (χ3v) is 14.9. The molecule has 0 unspecified atom stereocenters. The molecule has 82 heavy (non-hydrogen) atoms. The topological polar surface area (TPSA) is 201 Å². The number of carbonyl (C=O) groups is 2. The molecule has 6 aromatic rings. The number of nitrogens with one attached hydrogen (secondary N) is 1. The molecule has 1 amide bonds. The van der Waals surface area contributed by atoms with Crippen LogP contribution in [0.1, 0.15) is 106 Å². The zero-order valence-electron chi connectivity index (χ0n) is 44.5. The Hall–Kier alpha value is -7.68. The largest absolute Gasteiger partial charge is 0.487 e. The number of rotatable bonds is 17. The van der Waals surface area contributed by atoms with Crippen LogP contribution in [0.25, 0.3) is 22.3 Å². The van der Waals surface area contributed by atoms with Gasteiger partial charge in [0, 0.05) is 42.8 Å². The predicted molar refractivity (Wildman–Crippen MR) is 304 cm³/mol. The van der Waals surface area contributed by atoms with Crippen molar-refractivity contribution < 1.29 is 63.0 Å². The normalized spacial score (nSPS) is 17.8. The number of ether oxygens (including phenoxy) is 2. The van der Waals surface area contributed by atoms with Crippen LogP contribution in [-0.4, -0.2) is 112 Å². The van der Waals surface area contributed by atoms with Gasteiger partial charge in [0.2, 0.25) is 0 Å². The van der Waals surface area contributed by atoms with Gasteiger partial charge >= 0.3 is 5.97 Å². The van der Waals surface area contributed by atoms with Gasteiger partial charge in [-0.3, -0.25) is 4.79 Å². The molecule has 434 valence electrons. The van der Waals surface area contributed by atoms with E-state index < -0.39 is 47.8 Å². The van der Waals surface area contributed by atoms with E-state index in [0.717, 1.165) is 98.1 Å². The van der Waals surface area contributed by atoms with Crippen LogP contribution in [0.3, 0.4) is 0 Å². The zero-order valence-corrected chi connectivity index (χ0v) is 44.5. The summed E-state index contributed by atoms with van der Waals surface area (Å²) in [5.74, 6) is -2.75. The van der Waals surface area contributed by atoms with Crippen molar-refractivity contribution in [3.63, 3.8) is 0 Å². The maximum Gasteiger partial charge on any atom is 0.358 e. The number of hydrogen-bond donors (Lipinski definition) is 5. The van der Waals surface area contributed by atoms with E-state index in [0.29, 0.717) is 35.3 Å². The first kappa shape index (κ1) is 59.0. The first-order chi connectivity index (χ1) is 39.2. The number of aliphatic hydroxyl groups is 2. The van der Waals surface area contributed by atoms with Crippen molar-refractivity contribution >= 4 is 23.3 Å². The van der Waals surface area contributed by atoms with Crippen molar-refractivity contribution in [2.75, 3.05) is 39.3 Å². The fourth-order valence-corrected chi connectivity index (χ4v) is 10.2. The van der Waals surface area contributed by atoms with Gasteiger partial charge in [0.1, 0.15) is 31.0 Å². The summed E-state index contributed by atoms with van der Waals surface area (Å²) in [5, 5.41) is 41.2. The Bertz CT molecular complexity index is 3260. The Kier molecular flexibility index (Phi) is 19.4. The lowest BCUT2D eigenvalue weighted by Gasteiger charge is -2.29. The van der Waals surface area contributed by atoms with Crippen LogP contribution < -0.4 is 20.5 Å². The van der Waals surface area contributed by atoms with E-state index in [9.17, 15) is 37.4 Å². The molecule has 0 spiro atoms. The number of carboxylic acids is 1. The molecule has 4 atom stereocenters. The second kappa shape index (κ2) is 26.9. The number of carboxylic acid groups (broad SMARTS) is 1. The molecule has 6 N–H and O–H groups in total. The van der Waals surface area contributed by atoms with Crippen LogP contribution in [0.5, 0.6) is 11.5 Å². The van der Waals surface area contributed by atoms with Gasteiger partial charge in [-0.1, -0.05) is 78.4 Å². The molecule has 2 saturated heterocycles. The van der Waals surface area contributed by atoms with Gasteiger partial charge in [0.25, 0.3) is 5.91 Å². The van der Waals surface area contributed by atoms with Crippen LogP contribution in [0, 0.1) is 23.3 Å². The highest BCUT2D eigenvalue weighted by atomic mass is 19.1.